The van der Waals surface area contributed by atoms with Gasteiger partial charge in [0.15, 0.2) is 9.84 Å². The highest BCUT2D eigenvalue weighted by Crippen LogP contribution is 2.40. The molecule has 3 rings (SSSR count). The van der Waals surface area contributed by atoms with Crippen molar-refractivity contribution in [2.75, 3.05) is 5.75 Å². The Morgan fingerprint density at radius 3 is 2.52 bits per heavy atom. The first-order valence-corrected chi connectivity index (χ1v) is 12.1. The van der Waals surface area contributed by atoms with Crippen LogP contribution in [0.2, 0.25) is 6.32 Å². The summed E-state index contributed by atoms with van der Waals surface area (Å²) in [5.74, 6) is 0.427. The van der Waals surface area contributed by atoms with E-state index >= 15 is 0 Å². The first-order valence-electron chi connectivity index (χ1n) is 10.4. The van der Waals surface area contributed by atoms with Crippen molar-refractivity contribution in [3.05, 3.63) is 45.5 Å². The largest absolute Gasteiger partial charge is 0.507 e. The minimum Gasteiger partial charge on any atom is -0.507 e. The van der Waals surface area contributed by atoms with Crippen molar-refractivity contribution in [1.29, 1.82) is 0 Å². The molecule has 1 saturated heterocycles. The van der Waals surface area contributed by atoms with Crippen molar-refractivity contribution in [2.45, 2.75) is 71.1 Å². The molecule has 1 aromatic carbocycles. The molecule has 2 aliphatic rings. The number of hydrogen-bond donors (Lipinski definition) is 2. The van der Waals surface area contributed by atoms with Gasteiger partial charge in [-0.25, -0.2) is 8.42 Å². The number of allylic oxidation sites excluding steroid dienone is 1. The molecule has 2 N–H and O–H groups in total. The summed E-state index contributed by atoms with van der Waals surface area (Å²) in [7, 11) is -4.26. The molecular weight excluding hydrogens is 387 g/mol. The number of phenolic OH excluding ortho intramolecular Hbond substituents is 1. The van der Waals surface area contributed by atoms with Crippen LogP contribution in [-0.4, -0.2) is 42.8 Å². The summed E-state index contributed by atoms with van der Waals surface area (Å²) in [4.78, 5) is 0. The van der Waals surface area contributed by atoms with Crippen molar-refractivity contribution in [3.8, 4) is 5.75 Å². The van der Waals surface area contributed by atoms with Gasteiger partial charge in [0.25, 0.3) is 0 Å². The fourth-order valence-electron chi connectivity index (χ4n) is 4.56. The number of fused-ring (bicyclic) bond motifs is 1. The summed E-state index contributed by atoms with van der Waals surface area (Å²) in [5, 5.41) is 19.5. The molecule has 158 valence electrons. The molecule has 0 aromatic heterocycles. The zero-order chi connectivity index (χ0) is 21.3. The normalized spacial score (nSPS) is 24.2. The first kappa shape index (κ1) is 22.1. The van der Waals surface area contributed by atoms with Gasteiger partial charge in [0.05, 0.1) is 17.1 Å². The molecule has 0 amide bonds. The molecule has 1 aromatic rings. The number of phenols is 1. The van der Waals surface area contributed by atoms with E-state index in [1.54, 1.807) is 0 Å². The summed E-state index contributed by atoms with van der Waals surface area (Å²) >= 11 is 0. The van der Waals surface area contributed by atoms with Gasteiger partial charge in [0.1, 0.15) is 5.75 Å². The lowest BCUT2D eigenvalue weighted by molar-refractivity contribution is 0.169. The van der Waals surface area contributed by atoms with Crippen molar-refractivity contribution < 1.29 is 23.2 Å². The standard InChI is InChI=1S/C22H31BO5S/c1-5-16(11-17-9-14(3)22(24)15(4)10-17)7-8-19-21-18(6-2)13-29(26,27)20(21)12-23(25)28-19/h9-11,19-20,24-25H,5-8,12-13H2,1-4H3/b16-11+/t19-,20+/m1/s1. The molecule has 0 unspecified atom stereocenters. The van der Waals surface area contributed by atoms with Crippen molar-refractivity contribution >= 4 is 23.0 Å². The second kappa shape index (κ2) is 8.66. The number of aryl methyl sites for hydroxylation is 2. The highest BCUT2D eigenvalue weighted by Gasteiger charge is 2.47. The van der Waals surface area contributed by atoms with Gasteiger partial charge < -0.3 is 14.8 Å². The summed E-state index contributed by atoms with van der Waals surface area (Å²) in [5.41, 5.74) is 5.83. The summed E-state index contributed by atoms with van der Waals surface area (Å²) in [6, 6.07) is 3.94. The molecule has 2 atom stereocenters. The number of hydrogen-bond acceptors (Lipinski definition) is 5. The molecule has 0 spiro atoms. The van der Waals surface area contributed by atoms with Crippen LogP contribution in [0.25, 0.3) is 6.08 Å². The molecule has 2 aliphatic heterocycles. The van der Waals surface area contributed by atoms with Gasteiger partial charge >= 0.3 is 7.12 Å². The molecule has 0 aliphatic carbocycles. The minimum absolute atomic E-state index is 0.0958. The molecule has 7 heteroatoms. The number of sulfone groups is 1. The Balaban J connectivity index is 1.81. The third-order valence-corrected chi connectivity index (χ3v) is 8.20. The van der Waals surface area contributed by atoms with Gasteiger partial charge in [-0.1, -0.05) is 31.1 Å². The van der Waals surface area contributed by atoms with Gasteiger partial charge in [-0.15, -0.1) is 0 Å². The van der Waals surface area contributed by atoms with Crippen LogP contribution in [0, 0.1) is 13.8 Å². The average molecular weight is 418 g/mol. The zero-order valence-electron chi connectivity index (χ0n) is 17.7. The third kappa shape index (κ3) is 4.62. The summed E-state index contributed by atoms with van der Waals surface area (Å²) in [6.45, 7) is 7.86. The maximum Gasteiger partial charge on any atom is 0.456 e. The summed E-state index contributed by atoms with van der Waals surface area (Å²) < 4.78 is 30.9. The Morgan fingerprint density at radius 1 is 1.28 bits per heavy atom. The highest BCUT2D eigenvalue weighted by molar-refractivity contribution is 7.92. The number of aromatic hydroxyl groups is 1. The van der Waals surface area contributed by atoms with E-state index in [0.29, 0.717) is 18.6 Å². The molecule has 29 heavy (non-hydrogen) atoms. The van der Waals surface area contributed by atoms with Crippen LogP contribution in [0.4, 0.5) is 0 Å². The lowest BCUT2D eigenvalue weighted by atomic mass is 9.74. The van der Waals surface area contributed by atoms with Gasteiger partial charge in [-0.2, -0.15) is 0 Å². The van der Waals surface area contributed by atoms with Crippen LogP contribution < -0.4 is 0 Å². The van der Waals surface area contributed by atoms with E-state index in [2.05, 4.69) is 13.0 Å². The molecule has 0 radical (unpaired) electrons. The fraction of sp³-hybridized carbons (Fsp3) is 0.545. The smallest absolute Gasteiger partial charge is 0.456 e. The van der Waals surface area contributed by atoms with E-state index in [1.807, 2.05) is 32.9 Å². The molecule has 2 heterocycles. The van der Waals surface area contributed by atoms with E-state index in [-0.39, 0.29) is 18.2 Å². The Labute approximate surface area is 174 Å². The molecule has 0 bridgehead atoms. The van der Waals surface area contributed by atoms with Crippen LogP contribution in [0.15, 0.2) is 28.9 Å². The first-order chi connectivity index (χ1) is 13.7. The number of benzene rings is 1. The van der Waals surface area contributed by atoms with Gasteiger partial charge in [0, 0.05) is 6.32 Å². The Kier molecular flexibility index (Phi) is 6.61. The average Bonchev–Trinajstić information content (AvgIpc) is 2.93. The lowest BCUT2D eigenvalue weighted by Gasteiger charge is -2.32. The molecule has 1 fully saturated rings. The zero-order valence-corrected chi connectivity index (χ0v) is 18.6. The Morgan fingerprint density at radius 2 is 1.93 bits per heavy atom. The molecular formula is C22H31BO5S. The van der Waals surface area contributed by atoms with Crippen LogP contribution in [-0.2, 0) is 14.5 Å². The Bertz CT molecular complexity index is 925. The highest BCUT2D eigenvalue weighted by atomic mass is 32.2. The second-order valence-electron chi connectivity index (χ2n) is 8.22. The fourth-order valence-corrected chi connectivity index (χ4v) is 6.78. The van der Waals surface area contributed by atoms with Gasteiger partial charge in [-0.05, 0) is 73.9 Å². The third-order valence-electron chi connectivity index (χ3n) is 6.14. The van der Waals surface area contributed by atoms with Crippen LogP contribution >= 0.6 is 0 Å². The lowest BCUT2D eigenvalue weighted by Crippen LogP contribution is -2.41. The number of rotatable bonds is 6. The predicted molar refractivity (Wildman–Crippen MR) is 118 cm³/mol. The van der Waals surface area contributed by atoms with E-state index in [4.69, 9.17) is 4.65 Å². The van der Waals surface area contributed by atoms with Gasteiger partial charge in [-0.3, -0.25) is 0 Å². The monoisotopic (exact) mass is 418 g/mol. The van der Waals surface area contributed by atoms with Crippen molar-refractivity contribution in [2.24, 2.45) is 0 Å². The second-order valence-corrected chi connectivity index (χ2v) is 10.4. The molecule has 5 nitrogen and oxygen atoms in total. The maximum absolute atomic E-state index is 12.5. The minimum atomic E-state index is -3.23. The van der Waals surface area contributed by atoms with Gasteiger partial charge in [0.2, 0.25) is 0 Å². The topological polar surface area (TPSA) is 83.8 Å². The van der Waals surface area contributed by atoms with Crippen LogP contribution in [0.3, 0.4) is 0 Å². The SMILES string of the molecule is CCC1=C2[C@@H](CC/C(=C/c3cc(C)c(O)c(C)c3)CC)OB(O)C[C@@H]2S(=O)(=O)C1. The van der Waals surface area contributed by atoms with E-state index in [1.165, 1.54) is 5.57 Å². The Hall–Kier alpha value is -1.57. The van der Waals surface area contributed by atoms with Crippen molar-refractivity contribution in [3.63, 3.8) is 0 Å². The molecule has 0 saturated carbocycles. The van der Waals surface area contributed by atoms with Crippen molar-refractivity contribution in [1.82, 2.24) is 0 Å². The van der Waals surface area contributed by atoms with E-state index in [0.717, 1.165) is 40.7 Å². The predicted octanol–water partition coefficient (Wildman–Crippen LogP) is 3.97. The quantitative estimate of drug-likeness (QED) is 0.540. The maximum atomic E-state index is 12.5. The summed E-state index contributed by atoms with van der Waals surface area (Å²) in [6.07, 6.45) is 4.91. The van der Waals surface area contributed by atoms with E-state index < -0.39 is 22.2 Å². The van der Waals surface area contributed by atoms with Crippen LogP contribution in [0.5, 0.6) is 5.75 Å². The van der Waals surface area contributed by atoms with Crippen LogP contribution in [0.1, 0.15) is 56.2 Å². The van der Waals surface area contributed by atoms with E-state index in [9.17, 15) is 18.5 Å².